The van der Waals surface area contributed by atoms with Crippen LogP contribution in [-0.2, 0) is 17.8 Å². The van der Waals surface area contributed by atoms with E-state index >= 15 is 0 Å². The number of benzene rings is 2. The Balaban J connectivity index is 1.58. The van der Waals surface area contributed by atoms with Crippen LogP contribution in [0.3, 0.4) is 0 Å². The summed E-state index contributed by atoms with van der Waals surface area (Å²) in [7, 11) is 0. The SMILES string of the molecule is Cc1nnc(COC(=O)c2ccccc2NCCc2ccc(Cl)cc2)o1. The lowest BCUT2D eigenvalue weighted by molar-refractivity contribution is 0.0438. The molecule has 0 bridgehead atoms. The van der Waals surface area contributed by atoms with Crippen LogP contribution in [0.4, 0.5) is 5.69 Å². The van der Waals surface area contributed by atoms with Gasteiger partial charge in [0.05, 0.1) is 5.56 Å². The third-order valence-electron chi connectivity index (χ3n) is 3.68. The Hall–Kier alpha value is -2.86. The molecule has 0 aliphatic rings. The first-order valence-corrected chi connectivity index (χ1v) is 8.53. The number of anilines is 1. The number of aromatic nitrogens is 2. The fourth-order valence-electron chi connectivity index (χ4n) is 2.41. The number of hydrogen-bond acceptors (Lipinski definition) is 6. The number of para-hydroxylation sites is 1. The van der Waals surface area contributed by atoms with E-state index in [1.54, 1.807) is 19.1 Å². The number of nitrogens with one attached hydrogen (secondary N) is 1. The lowest BCUT2D eigenvalue weighted by Gasteiger charge is -2.11. The summed E-state index contributed by atoms with van der Waals surface area (Å²) in [5.41, 5.74) is 2.33. The van der Waals surface area contributed by atoms with Gasteiger partial charge in [-0.15, -0.1) is 10.2 Å². The molecule has 26 heavy (non-hydrogen) atoms. The number of halogens is 1. The second-order valence-electron chi connectivity index (χ2n) is 5.64. The normalized spacial score (nSPS) is 10.5. The summed E-state index contributed by atoms with van der Waals surface area (Å²) in [5, 5.41) is 11.5. The molecular formula is C19H18ClN3O3. The van der Waals surface area contributed by atoms with Gasteiger partial charge in [0.1, 0.15) is 0 Å². The number of ether oxygens (including phenoxy) is 1. The number of hydrogen-bond donors (Lipinski definition) is 1. The second kappa shape index (κ2) is 8.49. The maximum absolute atomic E-state index is 12.3. The molecular weight excluding hydrogens is 354 g/mol. The summed E-state index contributed by atoms with van der Waals surface area (Å²) in [5.74, 6) is 0.250. The van der Waals surface area contributed by atoms with E-state index in [4.69, 9.17) is 20.8 Å². The quantitative estimate of drug-likeness (QED) is 0.631. The van der Waals surface area contributed by atoms with Gasteiger partial charge in [-0.3, -0.25) is 0 Å². The fraction of sp³-hybridized carbons (Fsp3) is 0.211. The van der Waals surface area contributed by atoms with Crippen LogP contribution in [0.15, 0.2) is 52.9 Å². The van der Waals surface area contributed by atoms with Gasteiger partial charge in [0, 0.05) is 24.2 Å². The van der Waals surface area contributed by atoms with Crippen molar-refractivity contribution in [1.29, 1.82) is 0 Å². The van der Waals surface area contributed by atoms with Crippen molar-refractivity contribution in [1.82, 2.24) is 10.2 Å². The van der Waals surface area contributed by atoms with Crippen LogP contribution in [0.25, 0.3) is 0 Å². The monoisotopic (exact) mass is 371 g/mol. The third kappa shape index (κ3) is 4.83. The van der Waals surface area contributed by atoms with Gasteiger partial charge in [-0.05, 0) is 36.2 Å². The van der Waals surface area contributed by atoms with Crippen molar-refractivity contribution >= 4 is 23.3 Å². The first-order chi connectivity index (χ1) is 12.6. The van der Waals surface area contributed by atoms with Gasteiger partial charge < -0.3 is 14.5 Å². The molecule has 3 rings (SSSR count). The molecule has 1 heterocycles. The molecule has 0 amide bonds. The highest BCUT2D eigenvalue weighted by atomic mass is 35.5. The second-order valence-corrected chi connectivity index (χ2v) is 6.08. The van der Waals surface area contributed by atoms with Crippen molar-refractivity contribution in [3.63, 3.8) is 0 Å². The molecule has 0 saturated carbocycles. The summed E-state index contributed by atoms with van der Waals surface area (Å²) in [6, 6.07) is 14.9. The van der Waals surface area contributed by atoms with Crippen molar-refractivity contribution in [2.45, 2.75) is 20.0 Å². The smallest absolute Gasteiger partial charge is 0.340 e. The number of carbonyl (C=O) groups is 1. The minimum Gasteiger partial charge on any atom is -0.452 e. The Morgan fingerprint density at radius 1 is 1.15 bits per heavy atom. The average Bonchev–Trinajstić information content (AvgIpc) is 3.07. The Labute approximate surface area is 156 Å². The van der Waals surface area contributed by atoms with Crippen LogP contribution in [0, 0.1) is 6.92 Å². The van der Waals surface area contributed by atoms with E-state index in [2.05, 4.69) is 15.5 Å². The predicted octanol–water partition coefficient (Wildman–Crippen LogP) is 4.04. The number of rotatable bonds is 7. The minimum absolute atomic E-state index is 0.0568. The Bertz CT molecular complexity index is 878. The molecule has 2 aromatic carbocycles. The van der Waals surface area contributed by atoms with Gasteiger partial charge in [0.2, 0.25) is 5.89 Å². The topological polar surface area (TPSA) is 77.2 Å². The van der Waals surface area contributed by atoms with Crippen molar-refractivity contribution < 1.29 is 13.9 Å². The van der Waals surface area contributed by atoms with E-state index < -0.39 is 5.97 Å². The van der Waals surface area contributed by atoms with Crippen molar-refractivity contribution in [2.24, 2.45) is 0 Å². The maximum Gasteiger partial charge on any atom is 0.340 e. The molecule has 7 heteroatoms. The van der Waals surface area contributed by atoms with Gasteiger partial charge in [-0.25, -0.2) is 4.79 Å². The number of carbonyl (C=O) groups excluding carboxylic acids is 1. The molecule has 0 radical (unpaired) electrons. The largest absolute Gasteiger partial charge is 0.452 e. The Morgan fingerprint density at radius 3 is 2.65 bits per heavy atom. The third-order valence-corrected chi connectivity index (χ3v) is 3.94. The standard InChI is InChI=1S/C19H18ClN3O3/c1-13-22-23-18(26-13)12-25-19(24)16-4-2-3-5-17(16)21-11-10-14-6-8-15(20)9-7-14/h2-9,21H,10-12H2,1H3. The first-order valence-electron chi connectivity index (χ1n) is 8.15. The maximum atomic E-state index is 12.3. The summed E-state index contributed by atoms with van der Waals surface area (Å²) < 4.78 is 10.5. The zero-order valence-electron chi connectivity index (χ0n) is 14.2. The van der Waals surface area contributed by atoms with Crippen molar-refractivity contribution in [3.8, 4) is 0 Å². The molecule has 6 nitrogen and oxygen atoms in total. The summed E-state index contributed by atoms with van der Waals surface area (Å²) in [4.78, 5) is 12.3. The number of aryl methyl sites for hydroxylation is 1. The summed E-state index contributed by atoms with van der Waals surface area (Å²) >= 11 is 5.89. The first kappa shape index (κ1) is 17.9. The highest BCUT2D eigenvalue weighted by Gasteiger charge is 2.14. The van der Waals surface area contributed by atoms with Crippen LogP contribution >= 0.6 is 11.6 Å². The molecule has 0 atom stereocenters. The molecule has 0 spiro atoms. The van der Waals surface area contributed by atoms with Gasteiger partial charge >= 0.3 is 5.97 Å². The van der Waals surface area contributed by atoms with E-state index in [9.17, 15) is 4.79 Å². The molecule has 1 aromatic heterocycles. The lowest BCUT2D eigenvalue weighted by Crippen LogP contribution is -2.12. The van der Waals surface area contributed by atoms with Gasteiger partial charge in [0.15, 0.2) is 6.61 Å². The van der Waals surface area contributed by atoms with E-state index in [0.29, 0.717) is 28.7 Å². The highest BCUT2D eigenvalue weighted by Crippen LogP contribution is 2.17. The van der Waals surface area contributed by atoms with Crippen LogP contribution < -0.4 is 5.32 Å². The molecule has 0 aliphatic carbocycles. The summed E-state index contributed by atoms with van der Waals surface area (Å²) in [6.45, 7) is 2.30. The van der Waals surface area contributed by atoms with Crippen molar-refractivity contribution in [3.05, 3.63) is 76.5 Å². The molecule has 0 saturated heterocycles. The molecule has 0 fully saturated rings. The molecule has 134 valence electrons. The highest BCUT2D eigenvalue weighted by molar-refractivity contribution is 6.30. The van der Waals surface area contributed by atoms with Crippen LogP contribution in [0.5, 0.6) is 0 Å². The molecule has 0 aliphatic heterocycles. The van der Waals surface area contributed by atoms with Gasteiger partial charge in [-0.1, -0.05) is 35.9 Å². The lowest BCUT2D eigenvalue weighted by atomic mass is 10.1. The van der Waals surface area contributed by atoms with Crippen molar-refractivity contribution in [2.75, 3.05) is 11.9 Å². The van der Waals surface area contributed by atoms with Gasteiger partial charge in [-0.2, -0.15) is 0 Å². The van der Waals surface area contributed by atoms with E-state index in [1.165, 1.54) is 0 Å². The minimum atomic E-state index is -0.449. The molecule has 1 N–H and O–H groups in total. The number of nitrogens with zero attached hydrogens (tertiary/aromatic N) is 2. The number of esters is 1. The zero-order chi connectivity index (χ0) is 18.4. The van der Waals surface area contributed by atoms with Crippen LogP contribution in [0.1, 0.15) is 27.7 Å². The van der Waals surface area contributed by atoms with Crippen LogP contribution in [-0.4, -0.2) is 22.7 Å². The van der Waals surface area contributed by atoms with E-state index in [0.717, 1.165) is 12.0 Å². The molecule has 3 aromatic rings. The Kier molecular flexibility index (Phi) is 5.86. The van der Waals surface area contributed by atoms with E-state index in [-0.39, 0.29) is 12.5 Å². The fourth-order valence-corrected chi connectivity index (χ4v) is 2.53. The molecule has 0 unspecified atom stereocenters. The zero-order valence-corrected chi connectivity index (χ0v) is 15.0. The van der Waals surface area contributed by atoms with E-state index in [1.807, 2.05) is 36.4 Å². The predicted molar refractivity (Wildman–Crippen MR) is 98.2 cm³/mol. The average molecular weight is 372 g/mol. The van der Waals surface area contributed by atoms with Gasteiger partial charge in [0.25, 0.3) is 5.89 Å². The van der Waals surface area contributed by atoms with Crippen LogP contribution in [0.2, 0.25) is 5.02 Å². The Morgan fingerprint density at radius 2 is 1.92 bits per heavy atom. The summed E-state index contributed by atoms with van der Waals surface area (Å²) in [6.07, 6.45) is 0.807.